The lowest BCUT2D eigenvalue weighted by atomic mass is 9.77. The Bertz CT molecular complexity index is 336. The molecule has 0 bridgehead atoms. The van der Waals surface area contributed by atoms with Crippen molar-refractivity contribution in [3.8, 4) is 0 Å². The lowest BCUT2D eigenvalue weighted by molar-refractivity contribution is 0.264. The third-order valence-electron chi connectivity index (χ3n) is 3.22. The zero-order chi connectivity index (χ0) is 10.1. The third kappa shape index (κ3) is 2.50. The van der Waals surface area contributed by atoms with Crippen LogP contribution in [0.15, 0.2) is 18.2 Å². The van der Waals surface area contributed by atoms with Crippen LogP contribution in [0.2, 0.25) is 0 Å². The fraction of sp³-hybridized carbons (Fsp3) is 0.500. The number of halogens is 2. The van der Waals surface area contributed by atoms with E-state index in [9.17, 15) is 4.39 Å². The van der Waals surface area contributed by atoms with Crippen LogP contribution in [0, 0.1) is 18.7 Å². The minimum atomic E-state index is -0.144. The van der Waals surface area contributed by atoms with Gasteiger partial charge in [-0.3, -0.25) is 0 Å². The van der Waals surface area contributed by atoms with E-state index < -0.39 is 0 Å². The number of hydrogen-bond acceptors (Lipinski definition) is 1. The lowest BCUT2D eigenvalue weighted by Crippen LogP contribution is -2.26. The molecule has 15 heavy (non-hydrogen) atoms. The molecule has 2 rings (SSSR count). The average molecular weight is 230 g/mol. The number of nitrogens with two attached hydrogens (primary N) is 1. The Morgan fingerprint density at radius 2 is 2.07 bits per heavy atom. The van der Waals surface area contributed by atoms with Crippen LogP contribution >= 0.6 is 12.4 Å². The van der Waals surface area contributed by atoms with E-state index in [4.69, 9.17) is 5.73 Å². The van der Waals surface area contributed by atoms with Gasteiger partial charge in [0.25, 0.3) is 0 Å². The van der Waals surface area contributed by atoms with E-state index in [1.807, 2.05) is 12.1 Å². The first-order valence-electron chi connectivity index (χ1n) is 5.20. The van der Waals surface area contributed by atoms with Gasteiger partial charge in [-0.1, -0.05) is 18.6 Å². The number of aryl methyl sites for hydroxylation is 1. The molecule has 1 aliphatic rings. The van der Waals surface area contributed by atoms with Crippen molar-refractivity contribution in [2.75, 3.05) is 0 Å². The first kappa shape index (κ1) is 12.5. The van der Waals surface area contributed by atoms with Gasteiger partial charge in [-0.05, 0) is 42.9 Å². The Balaban J connectivity index is 0.00000112. The molecule has 0 aliphatic heterocycles. The van der Waals surface area contributed by atoms with Crippen LogP contribution in [0.5, 0.6) is 0 Å². The molecule has 1 saturated carbocycles. The summed E-state index contributed by atoms with van der Waals surface area (Å²) in [6.45, 7) is 1.78. The first-order valence-corrected chi connectivity index (χ1v) is 5.20. The molecule has 0 radical (unpaired) electrons. The summed E-state index contributed by atoms with van der Waals surface area (Å²) in [6.07, 6.45) is 3.73. The maximum Gasteiger partial charge on any atom is 0.126 e. The normalized spacial score (nSPS) is 17.8. The largest absolute Gasteiger partial charge is 0.324 e. The maximum atomic E-state index is 13.0. The molecule has 0 spiro atoms. The second-order valence-corrected chi connectivity index (χ2v) is 4.23. The van der Waals surface area contributed by atoms with E-state index in [0.29, 0.717) is 11.5 Å². The number of benzene rings is 1. The molecule has 0 aromatic heterocycles. The molecule has 84 valence electrons. The van der Waals surface area contributed by atoms with E-state index in [1.165, 1.54) is 25.3 Å². The molecular weight excluding hydrogens is 213 g/mol. The third-order valence-corrected chi connectivity index (χ3v) is 3.22. The highest BCUT2D eigenvalue weighted by atomic mass is 35.5. The fourth-order valence-corrected chi connectivity index (χ4v) is 1.95. The predicted octanol–water partition coefficient (Wildman–Crippen LogP) is 3.36. The van der Waals surface area contributed by atoms with Crippen LogP contribution in [0.4, 0.5) is 4.39 Å². The Kier molecular flexibility index (Phi) is 4.12. The van der Waals surface area contributed by atoms with Gasteiger partial charge >= 0.3 is 0 Å². The fourth-order valence-electron chi connectivity index (χ4n) is 1.95. The van der Waals surface area contributed by atoms with E-state index >= 15 is 0 Å². The Morgan fingerprint density at radius 1 is 1.40 bits per heavy atom. The highest BCUT2D eigenvalue weighted by molar-refractivity contribution is 5.85. The minimum Gasteiger partial charge on any atom is -0.324 e. The first-order chi connectivity index (χ1) is 6.68. The molecule has 1 aromatic carbocycles. The zero-order valence-electron chi connectivity index (χ0n) is 8.87. The van der Waals surface area contributed by atoms with Gasteiger partial charge in [-0.25, -0.2) is 4.39 Å². The molecule has 1 fully saturated rings. The summed E-state index contributed by atoms with van der Waals surface area (Å²) in [5, 5.41) is 0. The van der Waals surface area contributed by atoms with E-state index in [-0.39, 0.29) is 24.3 Å². The maximum absolute atomic E-state index is 13.0. The molecule has 1 atom stereocenters. The lowest BCUT2D eigenvalue weighted by Gasteiger charge is -2.31. The van der Waals surface area contributed by atoms with Crippen molar-refractivity contribution in [3.63, 3.8) is 0 Å². The van der Waals surface area contributed by atoms with E-state index in [0.717, 1.165) is 5.56 Å². The zero-order valence-corrected chi connectivity index (χ0v) is 9.69. The van der Waals surface area contributed by atoms with Crippen LogP contribution in [0.1, 0.15) is 36.4 Å². The smallest absolute Gasteiger partial charge is 0.126 e. The quantitative estimate of drug-likeness (QED) is 0.827. The molecule has 1 nitrogen and oxygen atoms in total. The van der Waals surface area contributed by atoms with Crippen molar-refractivity contribution in [2.24, 2.45) is 11.7 Å². The SMILES string of the molecule is Cc1cc([C@H](N)C2CCC2)ccc1F.Cl. The van der Waals surface area contributed by atoms with Crippen LogP contribution in [0.25, 0.3) is 0 Å². The summed E-state index contributed by atoms with van der Waals surface area (Å²) >= 11 is 0. The molecular formula is C12H17ClFN. The predicted molar refractivity (Wildman–Crippen MR) is 62.7 cm³/mol. The van der Waals surface area contributed by atoms with Gasteiger partial charge in [0.1, 0.15) is 5.82 Å². The van der Waals surface area contributed by atoms with Gasteiger partial charge in [-0.2, -0.15) is 0 Å². The Labute approximate surface area is 96.3 Å². The van der Waals surface area contributed by atoms with Gasteiger partial charge in [0.2, 0.25) is 0 Å². The van der Waals surface area contributed by atoms with Crippen LogP contribution in [0.3, 0.4) is 0 Å². The topological polar surface area (TPSA) is 26.0 Å². The van der Waals surface area contributed by atoms with Crippen LogP contribution in [-0.2, 0) is 0 Å². The monoisotopic (exact) mass is 229 g/mol. The van der Waals surface area contributed by atoms with Gasteiger partial charge in [-0.15, -0.1) is 12.4 Å². The molecule has 0 saturated heterocycles. The van der Waals surface area contributed by atoms with Gasteiger partial charge in [0.15, 0.2) is 0 Å². The number of rotatable bonds is 2. The van der Waals surface area contributed by atoms with Crippen LogP contribution in [-0.4, -0.2) is 0 Å². The summed E-state index contributed by atoms with van der Waals surface area (Å²) in [4.78, 5) is 0. The summed E-state index contributed by atoms with van der Waals surface area (Å²) in [5.74, 6) is 0.467. The van der Waals surface area contributed by atoms with Gasteiger partial charge in [0.05, 0.1) is 0 Å². The van der Waals surface area contributed by atoms with Gasteiger partial charge in [0, 0.05) is 6.04 Å². The molecule has 0 amide bonds. The van der Waals surface area contributed by atoms with Crippen molar-refractivity contribution < 1.29 is 4.39 Å². The summed E-state index contributed by atoms with van der Waals surface area (Å²) in [6, 6.07) is 5.30. The van der Waals surface area contributed by atoms with Crippen molar-refractivity contribution in [1.29, 1.82) is 0 Å². The standard InChI is InChI=1S/C12H16FN.ClH/c1-8-7-10(5-6-11(8)13)12(14)9-3-2-4-9;/h5-7,9,12H,2-4,14H2,1H3;1H/t12-;/m1./s1. The van der Waals surface area contributed by atoms with Crippen molar-refractivity contribution >= 4 is 12.4 Å². The Morgan fingerprint density at radius 3 is 2.53 bits per heavy atom. The highest BCUT2D eigenvalue weighted by Gasteiger charge is 2.25. The van der Waals surface area contributed by atoms with E-state index in [1.54, 1.807) is 6.92 Å². The van der Waals surface area contributed by atoms with Crippen molar-refractivity contribution in [3.05, 3.63) is 35.1 Å². The molecule has 3 heteroatoms. The second kappa shape index (κ2) is 4.95. The summed E-state index contributed by atoms with van der Waals surface area (Å²) in [7, 11) is 0. The van der Waals surface area contributed by atoms with Crippen molar-refractivity contribution in [1.82, 2.24) is 0 Å². The van der Waals surface area contributed by atoms with E-state index in [2.05, 4.69) is 0 Å². The second-order valence-electron chi connectivity index (χ2n) is 4.23. The highest BCUT2D eigenvalue weighted by Crippen LogP contribution is 2.36. The summed E-state index contributed by atoms with van der Waals surface area (Å²) in [5.41, 5.74) is 7.87. The molecule has 1 aromatic rings. The summed E-state index contributed by atoms with van der Waals surface area (Å²) < 4.78 is 13.0. The van der Waals surface area contributed by atoms with Crippen LogP contribution < -0.4 is 5.73 Å². The number of hydrogen-bond donors (Lipinski definition) is 1. The van der Waals surface area contributed by atoms with Gasteiger partial charge < -0.3 is 5.73 Å². The molecule has 0 unspecified atom stereocenters. The molecule has 2 N–H and O–H groups in total. The Hall–Kier alpha value is -0.600. The minimum absolute atomic E-state index is 0. The van der Waals surface area contributed by atoms with Crippen molar-refractivity contribution in [2.45, 2.75) is 32.2 Å². The molecule has 1 aliphatic carbocycles. The molecule has 0 heterocycles. The average Bonchev–Trinajstić information content (AvgIpc) is 2.06.